The van der Waals surface area contributed by atoms with Gasteiger partial charge in [-0.3, -0.25) is 14.8 Å². The first-order chi connectivity index (χ1) is 14.3. The molecular formula is C25H35N3O. The van der Waals surface area contributed by atoms with Crippen molar-refractivity contribution in [1.29, 1.82) is 0 Å². The summed E-state index contributed by atoms with van der Waals surface area (Å²) in [7, 11) is 0. The van der Waals surface area contributed by atoms with Crippen molar-refractivity contribution < 1.29 is 4.74 Å². The van der Waals surface area contributed by atoms with E-state index in [-0.39, 0.29) is 0 Å². The molecule has 1 atom stereocenters. The van der Waals surface area contributed by atoms with Crippen LogP contribution in [0, 0.1) is 18.8 Å². The number of likely N-dealkylation sites (tertiary alicyclic amines) is 1. The number of hydrogen-bond donors (Lipinski definition) is 0. The van der Waals surface area contributed by atoms with E-state index in [1.165, 1.54) is 55.6 Å². The molecule has 4 rings (SSSR count). The standard InChI is InChI=1S/C25H35N3O/c1-21-5-2-3-7-25(21)19-27-12-8-22(9-13-27)16-28(18-24-10-14-29-20-24)17-23-6-4-11-26-15-23/h2-7,11,15,22,24H,8-10,12-14,16-20H2,1H3. The summed E-state index contributed by atoms with van der Waals surface area (Å²) in [6.45, 7) is 11.0. The lowest BCUT2D eigenvalue weighted by Gasteiger charge is -2.35. The molecule has 4 nitrogen and oxygen atoms in total. The Labute approximate surface area is 175 Å². The number of ether oxygens (including phenoxy) is 1. The number of pyridine rings is 1. The smallest absolute Gasteiger partial charge is 0.0507 e. The fourth-order valence-corrected chi connectivity index (χ4v) is 4.77. The van der Waals surface area contributed by atoms with E-state index in [2.05, 4.69) is 58.1 Å². The first-order valence-corrected chi connectivity index (χ1v) is 11.2. The van der Waals surface area contributed by atoms with Crippen LogP contribution in [0.2, 0.25) is 0 Å². The van der Waals surface area contributed by atoms with Gasteiger partial charge in [0.05, 0.1) is 6.61 Å². The zero-order valence-electron chi connectivity index (χ0n) is 17.8. The maximum atomic E-state index is 5.63. The van der Waals surface area contributed by atoms with Gasteiger partial charge in [0.2, 0.25) is 0 Å². The number of piperidine rings is 1. The van der Waals surface area contributed by atoms with E-state index in [9.17, 15) is 0 Å². The Hall–Kier alpha value is -1.75. The minimum Gasteiger partial charge on any atom is -0.381 e. The highest BCUT2D eigenvalue weighted by molar-refractivity contribution is 5.25. The summed E-state index contributed by atoms with van der Waals surface area (Å²) in [5.41, 5.74) is 4.21. The van der Waals surface area contributed by atoms with Crippen LogP contribution in [0.5, 0.6) is 0 Å². The summed E-state index contributed by atoms with van der Waals surface area (Å²) in [4.78, 5) is 9.61. The molecule has 0 spiro atoms. The number of aromatic nitrogens is 1. The second-order valence-corrected chi connectivity index (χ2v) is 8.93. The molecule has 0 aliphatic carbocycles. The molecular weight excluding hydrogens is 358 g/mol. The summed E-state index contributed by atoms with van der Waals surface area (Å²) in [5, 5.41) is 0. The van der Waals surface area contributed by atoms with E-state index < -0.39 is 0 Å². The van der Waals surface area contributed by atoms with Crippen LogP contribution in [0.4, 0.5) is 0 Å². The van der Waals surface area contributed by atoms with Crippen molar-refractivity contribution in [2.45, 2.75) is 39.3 Å². The lowest BCUT2D eigenvalue weighted by atomic mass is 9.94. The molecule has 0 N–H and O–H groups in total. The molecule has 0 radical (unpaired) electrons. The fourth-order valence-electron chi connectivity index (χ4n) is 4.77. The highest BCUT2D eigenvalue weighted by atomic mass is 16.5. The number of aryl methyl sites for hydroxylation is 1. The van der Waals surface area contributed by atoms with Crippen molar-refractivity contribution >= 4 is 0 Å². The molecule has 2 aliphatic rings. The van der Waals surface area contributed by atoms with Crippen LogP contribution in [-0.2, 0) is 17.8 Å². The minimum atomic E-state index is 0.688. The van der Waals surface area contributed by atoms with Crippen molar-refractivity contribution in [3.05, 3.63) is 65.5 Å². The van der Waals surface area contributed by atoms with Crippen LogP contribution in [-0.4, -0.2) is 54.2 Å². The molecule has 0 saturated carbocycles. The minimum absolute atomic E-state index is 0.688. The molecule has 29 heavy (non-hydrogen) atoms. The Balaban J connectivity index is 1.30. The third-order valence-corrected chi connectivity index (χ3v) is 6.55. The van der Waals surface area contributed by atoms with Gasteiger partial charge in [0, 0.05) is 45.2 Å². The van der Waals surface area contributed by atoms with E-state index in [0.29, 0.717) is 5.92 Å². The van der Waals surface area contributed by atoms with Gasteiger partial charge in [0.15, 0.2) is 0 Å². The van der Waals surface area contributed by atoms with Crippen LogP contribution in [0.3, 0.4) is 0 Å². The Bertz CT molecular complexity index is 737. The fraction of sp³-hybridized carbons (Fsp3) is 0.560. The maximum absolute atomic E-state index is 5.63. The predicted molar refractivity (Wildman–Crippen MR) is 118 cm³/mol. The third-order valence-electron chi connectivity index (χ3n) is 6.55. The number of nitrogens with zero attached hydrogens (tertiary/aromatic N) is 3. The zero-order valence-corrected chi connectivity index (χ0v) is 17.8. The largest absolute Gasteiger partial charge is 0.381 e. The van der Waals surface area contributed by atoms with Gasteiger partial charge in [-0.15, -0.1) is 0 Å². The quantitative estimate of drug-likeness (QED) is 0.674. The van der Waals surface area contributed by atoms with Crippen LogP contribution in [0.15, 0.2) is 48.8 Å². The summed E-state index contributed by atoms with van der Waals surface area (Å²) < 4.78 is 5.63. The highest BCUT2D eigenvalue weighted by Crippen LogP contribution is 2.23. The Morgan fingerprint density at radius 1 is 1.03 bits per heavy atom. The van der Waals surface area contributed by atoms with Crippen molar-refractivity contribution in [3.8, 4) is 0 Å². The maximum Gasteiger partial charge on any atom is 0.0507 e. The summed E-state index contributed by atoms with van der Waals surface area (Å²) in [6.07, 6.45) is 7.69. The van der Waals surface area contributed by atoms with Crippen LogP contribution in [0.1, 0.15) is 36.0 Å². The Morgan fingerprint density at radius 3 is 2.59 bits per heavy atom. The highest BCUT2D eigenvalue weighted by Gasteiger charge is 2.25. The molecule has 1 aromatic heterocycles. The summed E-state index contributed by atoms with van der Waals surface area (Å²) in [5.74, 6) is 1.48. The van der Waals surface area contributed by atoms with Crippen molar-refractivity contribution in [3.63, 3.8) is 0 Å². The molecule has 1 unspecified atom stereocenters. The van der Waals surface area contributed by atoms with E-state index in [1.54, 1.807) is 0 Å². The summed E-state index contributed by atoms with van der Waals surface area (Å²) >= 11 is 0. The van der Waals surface area contributed by atoms with E-state index in [4.69, 9.17) is 4.74 Å². The molecule has 0 bridgehead atoms. The average Bonchev–Trinajstić information content (AvgIpc) is 3.25. The van der Waals surface area contributed by atoms with E-state index in [1.807, 2.05) is 12.4 Å². The van der Waals surface area contributed by atoms with Crippen molar-refractivity contribution in [2.24, 2.45) is 11.8 Å². The van der Waals surface area contributed by atoms with E-state index in [0.717, 1.165) is 38.8 Å². The molecule has 1 aromatic carbocycles. The Morgan fingerprint density at radius 2 is 1.86 bits per heavy atom. The van der Waals surface area contributed by atoms with Gasteiger partial charge in [-0.2, -0.15) is 0 Å². The molecule has 2 aromatic rings. The predicted octanol–water partition coefficient (Wildman–Crippen LogP) is 4.14. The van der Waals surface area contributed by atoms with Crippen LogP contribution >= 0.6 is 0 Å². The molecule has 4 heteroatoms. The molecule has 3 heterocycles. The molecule has 2 fully saturated rings. The SMILES string of the molecule is Cc1ccccc1CN1CCC(CN(Cc2cccnc2)CC2CCOC2)CC1. The first kappa shape index (κ1) is 20.5. The van der Waals surface area contributed by atoms with Crippen LogP contribution < -0.4 is 0 Å². The molecule has 2 aliphatic heterocycles. The molecule has 2 saturated heterocycles. The lowest BCUT2D eigenvalue weighted by Crippen LogP contribution is -2.40. The van der Waals surface area contributed by atoms with Gasteiger partial charge in [-0.25, -0.2) is 0 Å². The second kappa shape index (κ2) is 10.3. The van der Waals surface area contributed by atoms with Crippen molar-refractivity contribution in [2.75, 3.05) is 39.4 Å². The number of rotatable bonds is 8. The van der Waals surface area contributed by atoms with Gasteiger partial charge in [-0.05, 0) is 73.9 Å². The molecule has 156 valence electrons. The van der Waals surface area contributed by atoms with Gasteiger partial charge >= 0.3 is 0 Å². The third kappa shape index (κ3) is 6.11. The average molecular weight is 394 g/mol. The lowest BCUT2D eigenvalue weighted by molar-refractivity contribution is 0.119. The first-order valence-electron chi connectivity index (χ1n) is 11.2. The summed E-state index contributed by atoms with van der Waals surface area (Å²) in [6, 6.07) is 13.1. The topological polar surface area (TPSA) is 28.6 Å². The van der Waals surface area contributed by atoms with Gasteiger partial charge < -0.3 is 4.74 Å². The molecule has 0 amide bonds. The number of hydrogen-bond acceptors (Lipinski definition) is 4. The number of benzene rings is 1. The van der Waals surface area contributed by atoms with E-state index >= 15 is 0 Å². The van der Waals surface area contributed by atoms with Crippen molar-refractivity contribution in [1.82, 2.24) is 14.8 Å². The van der Waals surface area contributed by atoms with Gasteiger partial charge in [0.25, 0.3) is 0 Å². The van der Waals surface area contributed by atoms with Gasteiger partial charge in [-0.1, -0.05) is 30.3 Å². The Kier molecular flexibility index (Phi) is 7.31. The monoisotopic (exact) mass is 393 g/mol. The second-order valence-electron chi connectivity index (χ2n) is 8.93. The zero-order chi connectivity index (χ0) is 19.9. The van der Waals surface area contributed by atoms with Gasteiger partial charge in [0.1, 0.15) is 0 Å². The van der Waals surface area contributed by atoms with Crippen LogP contribution in [0.25, 0.3) is 0 Å². The normalized spacial score (nSPS) is 21.1.